The lowest BCUT2D eigenvalue weighted by Crippen LogP contribution is -2.47. The lowest BCUT2D eigenvalue weighted by atomic mass is 10.1. The Labute approximate surface area is 123 Å². The van der Waals surface area contributed by atoms with Crippen molar-refractivity contribution in [3.63, 3.8) is 0 Å². The molecule has 2 N–H and O–H groups in total. The van der Waals surface area contributed by atoms with Crippen molar-refractivity contribution in [1.29, 1.82) is 0 Å². The van der Waals surface area contributed by atoms with Gasteiger partial charge in [-0.05, 0) is 27.7 Å². The molecule has 118 valence electrons. The second kappa shape index (κ2) is 6.47. The Morgan fingerprint density at radius 1 is 1.43 bits per heavy atom. The zero-order valence-electron chi connectivity index (χ0n) is 12.8. The highest BCUT2D eigenvalue weighted by Crippen LogP contribution is 2.16. The summed E-state index contributed by atoms with van der Waals surface area (Å²) in [7, 11) is 1.49. The minimum absolute atomic E-state index is 0.503. The number of nitrogens with zero attached hydrogens (tertiary/aromatic N) is 2. The van der Waals surface area contributed by atoms with Crippen LogP contribution in [0.1, 0.15) is 33.7 Å². The van der Waals surface area contributed by atoms with Gasteiger partial charge in [-0.2, -0.15) is 5.10 Å². The lowest BCUT2D eigenvalue weighted by molar-refractivity contribution is -0.140. The van der Waals surface area contributed by atoms with E-state index in [4.69, 9.17) is 9.47 Å². The third kappa shape index (κ3) is 4.97. The summed E-state index contributed by atoms with van der Waals surface area (Å²) in [5, 5.41) is 15.6. The molecular formula is C13H21N3O5. The Kier molecular flexibility index (Phi) is 5.17. The fourth-order valence-electron chi connectivity index (χ4n) is 1.62. The maximum Gasteiger partial charge on any atom is 0.408 e. The molecule has 1 heterocycles. The number of nitrogens with one attached hydrogen (secondary N) is 1. The van der Waals surface area contributed by atoms with E-state index in [1.807, 2.05) is 0 Å². The van der Waals surface area contributed by atoms with Gasteiger partial charge in [0, 0.05) is 0 Å². The fourth-order valence-corrected chi connectivity index (χ4v) is 1.62. The molecule has 0 radical (unpaired) electrons. The number of ether oxygens (including phenoxy) is 2. The molecule has 8 nitrogen and oxygen atoms in total. The molecule has 1 amide bonds. The van der Waals surface area contributed by atoms with Gasteiger partial charge in [0.1, 0.15) is 5.60 Å². The van der Waals surface area contributed by atoms with Gasteiger partial charge in [0.2, 0.25) is 0 Å². The van der Waals surface area contributed by atoms with E-state index >= 15 is 0 Å². The topological polar surface area (TPSA) is 103 Å². The minimum atomic E-state index is -1.18. The van der Waals surface area contributed by atoms with Crippen molar-refractivity contribution in [3.8, 4) is 5.75 Å². The first-order valence-electron chi connectivity index (χ1n) is 6.44. The molecule has 2 atom stereocenters. The Bertz CT molecular complexity index is 506. The summed E-state index contributed by atoms with van der Waals surface area (Å²) < 4.78 is 11.5. The van der Waals surface area contributed by atoms with Crippen molar-refractivity contribution >= 4 is 12.1 Å². The Morgan fingerprint density at radius 2 is 2.05 bits per heavy atom. The van der Waals surface area contributed by atoms with Gasteiger partial charge in [-0.3, -0.25) is 4.68 Å². The molecule has 0 saturated carbocycles. The molecular weight excluding hydrogens is 278 g/mol. The van der Waals surface area contributed by atoms with Gasteiger partial charge in [0.25, 0.3) is 0 Å². The summed E-state index contributed by atoms with van der Waals surface area (Å²) in [5.74, 6) is -0.675. The van der Waals surface area contributed by atoms with E-state index in [0.717, 1.165) is 0 Å². The smallest absolute Gasteiger partial charge is 0.408 e. The molecule has 0 aliphatic carbocycles. The molecule has 1 rings (SSSR count). The predicted molar refractivity (Wildman–Crippen MR) is 74.3 cm³/mol. The van der Waals surface area contributed by atoms with Gasteiger partial charge in [-0.1, -0.05) is 0 Å². The normalized spacial score (nSPS) is 14.1. The van der Waals surface area contributed by atoms with Crippen LogP contribution in [0.15, 0.2) is 12.4 Å². The van der Waals surface area contributed by atoms with Crippen LogP contribution < -0.4 is 10.1 Å². The Hall–Kier alpha value is -2.25. The summed E-state index contributed by atoms with van der Waals surface area (Å²) >= 11 is 0. The second-order valence-corrected chi connectivity index (χ2v) is 5.56. The van der Waals surface area contributed by atoms with Crippen LogP contribution in [0.3, 0.4) is 0 Å². The molecule has 1 aromatic heterocycles. The first-order chi connectivity index (χ1) is 9.64. The average molecular weight is 299 g/mol. The van der Waals surface area contributed by atoms with Crippen LogP contribution >= 0.6 is 0 Å². The number of hydrogen-bond donors (Lipinski definition) is 2. The lowest BCUT2D eigenvalue weighted by Gasteiger charge is -2.25. The monoisotopic (exact) mass is 299 g/mol. The summed E-state index contributed by atoms with van der Waals surface area (Å²) in [5.41, 5.74) is -0.703. The van der Waals surface area contributed by atoms with E-state index in [1.54, 1.807) is 33.9 Å². The third-order valence-electron chi connectivity index (χ3n) is 2.65. The van der Waals surface area contributed by atoms with Gasteiger partial charge in [-0.25, -0.2) is 9.59 Å². The molecule has 0 spiro atoms. The summed E-state index contributed by atoms with van der Waals surface area (Å²) in [6, 6.07) is -1.79. The van der Waals surface area contributed by atoms with Crippen molar-refractivity contribution in [3.05, 3.63) is 12.4 Å². The average Bonchev–Trinajstić information content (AvgIpc) is 2.81. The Balaban J connectivity index is 2.81. The van der Waals surface area contributed by atoms with Crippen molar-refractivity contribution in [2.24, 2.45) is 0 Å². The molecule has 21 heavy (non-hydrogen) atoms. The molecule has 8 heteroatoms. The van der Waals surface area contributed by atoms with Crippen molar-refractivity contribution in [2.75, 3.05) is 7.11 Å². The number of aliphatic carboxylic acids is 1. The first-order valence-corrected chi connectivity index (χ1v) is 6.44. The van der Waals surface area contributed by atoms with Crippen molar-refractivity contribution in [1.82, 2.24) is 15.1 Å². The second-order valence-electron chi connectivity index (χ2n) is 5.56. The highest BCUT2D eigenvalue weighted by atomic mass is 16.6. The Morgan fingerprint density at radius 3 is 2.48 bits per heavy atom. The van der Waals surface area contributed by atoms with Gasteiger partial charge in [0.15, 0.2) is 11.8 Å². The molecule has 0 aliphatic rings. The van der Waals surface area contributed by atoms with E-state index < -0.39 is 29.7 Å². The van der Waals surface area contributed by atoms with Crippen LogP contribution in [0.25, 0.3) is 0 Å². The molecule has 1 aromatic rings. The number of carboxylic acids is 1. The standard InChI is InChI=1S/C13H21N3O5/c1-8(16-7-9(20-5)6-14-16)10(11(17)18)15-12(19)21-13(2,3)4/h6-8,10H,1-5H3,(H,15,19)(H,17,18). The number of carboxylic acid groups (broad SMARTS) is 1. The number of rotatable bonds is 5. The first kappa shape index (κ1) is 16.8. The van der Waals surface area contributed by atoms with Gasteiger partial charge in [-0.15, -0.1) is 0 Å². The number of amides is 1. The van der Waals surface area contributed by atoms with Gasteiger partial charge < -0.3 is 19.9 Å². The highest BCUT2D eigenvalue weighted by Gasteiger charge is 2.30. The molecule has 0 saturated heterocycles. The predicted octanol–water partition coefficient (Wildman–Crippen LogP) is 1.43. The van der Waals surface area contributed by atoms with Crippen LogP contribution in [-0.2, 0) is 9.53 Å². The molecule has 2 unspecified atom stereocenters. The molecule has 0 fully saturated rings. The maximum atomic E-state index is 11.7. The van der Waals surface area contributed by atoms with Crippen LogP contribution in [0.5, 0.6) is 5.75 Å². The number of aromatic nitrogens is 2. The maximum absolute atomic E-state index is 11.7. The van der Waals surface area contributed by atoms with E-state index in [-0.39, 0.29) is 0 Å². The molecule has 0 aliphatic heterocycles. The number of methoxy groups -OCH3 is 1. The van der Waals surface area contributed by atoms with Crippen LogP contribution in [0, 0.1) is 0 Å². The number of alkyl carbamates (subject to hydrolysis) is 1. The van der Waals surface area contributed by atoms with Crippen molar-refractivity contribution in [2.45, 2.75) is 45.4 Å². The fraction of sp³-hybridized carbons (Fsp3) is 0.615. The third-order valence-corrected chi connectivity index (χ3v) is 2.65. The van der Waals surface area contributed by atoms with E-state index in [2.05, 4.69) is 10.4 Å². The summed E-state index contributed by atoms with van der Waals surface area (Å²) in [6.45, 7) is 6.72. The van der Waals surface area contributed by atoms with Crippen LogP contribution in [-0.4, -0.2) is 45.7 Å². The summed E-state index contributed by atoms with van der Waals surface area (Å²) in [4.78, 5) is 23.1. The van der Waals surface area contributed by atoms with Crippen LogP contribution in [0.2, 0.25) is 0 Å². The summed E-state index contributed by atoms with van der Waals surface area (Å²) in [6.07, 6.45) is 2.22. The molecule has 0 aromatic carbocycles. The number of hydrogen-bond acceptors (Lipinski definition) is 5. The molecule has 0 bridgehead atoms. The minimum Gasteiger partial charge on any atom is -0.493 e. The highest BCUT2D eigenvalue weighted by molar-refractivity contribution is 5.80. The van der Waals surface area contributed by atoms with E-state index in [9.17, 15) is 14.7 Å². The zero-order chi connectivity index (χ0) is 16.2. The van der Waals surface area contributed by atoms with Crippen LogP contribution in [0.4, 0.5) is 4.79 Å². The van der Waals surface area contributed by atoms with E-state index in [1.165, 1.54) is 18.0 Å². The quantitative estimate of drug-likeness (QED) is 0.852. The number of carbonyl (C=O) groups excluding carboxylic acids is 1. The number of carbonyl (C=O) groups is 2. The SMILES string of the molecule is COc1cnn(C(C)C(NC(=O)OC(C)(C)C)C(=O)O)c1. The van der Waals surface area contributed by atoms with Gasteiger partial charge >= 0.3 is 12.1 Å². The zero-order valence-corrected chi connectivity index (χ0v) is 12.8. The van der Waals surface area contributed by atoms with E-state index in [0.29, 0.717) is 5.75 Å². The van der Waals surface area contributed by atoms with Crippen molar-refractivity contribution < 1.29 is 24.2 Å². The van der Waals surface area contributed by atoms with Gasteiger partial charge in [0.05, 0.1) is 25.5 Å². The largest absolute Gasteiger partial charge is 0.493 e.